The Bertz CT molecular complexity index is 769. The summed E-state index contributed by atoms with van der Waals surface area (Å²) in [5.41, 5.74) is 2.43. The van der Waals surface area contributed by atoms with Crippen molar-refractivity contribution in [3.05, 3.63) is 52.4 Å². The molecule has 132 valence electrons. The maximum atomic E-state index is 12.7. The van der Waals surface area contributed by atoms with E-state index in [1.165, 1.54) is 0 Å². The van der Waals surface area contributed by atoms with Crippen molar-refractivity contribution >= 4 is 11.9 Å². The number of carboxylic acids is 1. The van der Waals surface area contributed by atoms with Gasteiger partial charge in [0.2, 0.25) is 0 Å². The van der Waals surface area contributed by atoms with Crippen LogP contribution in [0.25, 0.3) is 0 Å². The first-order valence-electron chi connectivity index (χ1n) is 8.50. The minimum Gasteiger partial charge on any atom is -0.478 e. The standard InChI is InChI=1S/C19H22N2O4/c1-12-17(13(2)25-20-12)18(22)21-9-7-14(8-10-21)11-15-5-3-4-6-16(15)19(23)24/h3-6,14H,7-11H2,1-2H3,(H,23,24). The monoisotopic (exact) mass is 342 g/mol. The quantitative estimate of drug-likeness (QED) is 0.923. The third-order valence-corrected chi connectivity index (χ3v) is 4.91. The van der Waals surface area contributed by atoms with Gasteiger partial charge in [-0.2, -0.15) is 0 Å². The number of hydrogen-bond acceptors (Lipinski definition) is 4. The normalized spacial score (nSPS) is 15.4. The minimum atomic E-state index is -0.887. The molecule has 2 heterocycles. The summed E-state index contributed by atoms with van der Waals surface area (Å²) in [6.45, 7) is 4.87. The lowest BCUT2D eigenvalue weighted by molar-refractivity contribution is 0.0688. The van der Waals surface area contributed by atoms with E-state index in [-0.39, 0.29) is 5.91 Å². The molecule has 2 aromatic rings. The molecule has 1 fully saturated rings. The van der Waals surface area contributed by atoms with Crippen molar-refractivity contribution in [1.29, 1.82) is 0 Å². The molecule has 25 heavy (non-hydrogen) atoms. The largest absolute Gasteiger partial charge is 0.478 e. The van der Waals surface area contributed by atoms with Gasteiger partial charge in [-0.15, -0.1) is 0 Å². The Morgan fingerprint density at radius 2 is 1.92 bits per heavy atom. The van der Waals surface area contributed by atoms with Gasteiger partial charge in [-0.25, -0.2) is 4.79 Å². The number of amides is 1. The lowest BCUT2D eigenvalue weighted by atomic mass is 9.88. The molecule has 0 spiro atoms. The molecule has 1 aromatic carbocycles. The van der Waals surface area contributed by atoms with Gasteiger partial charge in [0.15, 0.2) is 0 Å². The SMILES string of the molecule is Cc1noc(C)c1C(=O)N1CCC(Cc2ccccc2C(=O)O)CC1. The molecule has 0 unspecified atom stereocenters. The number of aromatic carboxylic acids is 1. The summed E-state index contributed by atoms with van der Waals surface area (Å²) >= 11 is 0. The predicted octanol–water partition coefficient (Wildman–Crippen LogP) is 3.08. The summed E-state index contributed by atoms with van der Waals surface area (Å²) < 4.78 is 5.09. The number of aryl methyl sites for hydroxylation is 2. The van der Waals surface area contributed by atoms with Gasteiger partial charge in [0, 0.05) is 13.1 Å². The third-order valence-electron chi connectivity index (χ3n) is 4.91. The zero-order valence-electron chi connectivity index (χ0n) is 14.5. The molecule has 0 radical (unpaired) electrons. The van der Waals surface area contributed by atoms with Crippen LogP contribution in [0.4, 0.5) is 0 Å². The van der Waals surface area contributed by atoms with Crippen LogP contribution in [0.5, 0.6) is 0 Å². The van der Waals surface area contributed by atoms with E-state index in [2.05, 4.69) is 5.16 Å². The first-order valence-corrected chi connectivity index (χ1v) is 8.50. The number of carboxylic acid groups (broad SMARTS) is 1. The Hall–Kier alpha value is -2.63. The second-order valence-corrected chi connectivity index (χ2v) is 6.60. The summed E-state index contributed by atoms with van der Waals surface area (Å²) in [6.07, 6.45) is 2.46. The predicted molar refractivity (Wildman–Crippen MR) is 91.7 cm³/mol. The van der Waals surface area contributed by atoms with Crippen LogP contribution in [0.2, 0.25) is 0 Å². The van der Waals surface area contributed by atoms with Gasteiger partial charge in [-0.05, 0) is 50.7 Å². The topological polar surface area (TPSA) is 83.6 Å². The number of benzene rings is 1. The van der Waals surface area contributed by atoms with Crippen molar-refractivity contribution in [2.45, 2.75) is 33.1 Å². The van der Waals surface area contributed by atoms with E-state index in [0.717, 1.165) is 24.8 Å². The molecule has 6 heteroatoms. The number of aromatic nitrogens is 1. The molecule has 3 rings (SSSR count). The Morgan fingerprint density at radius 1 is 1.24 bits per heavy atom. The molecule has 1 aromatic heterocycles. The molecule has 1 saturated heterocycles. The fourth-order valence-corrected chi connectivity index (χ4v) is 3.50. The van der Waals surface area contributed by atoms with Crippen molar-refractivity contribution in [2.24, 2.45) is 5.92 Å². The van der Waals surface area contributed by atoms with Crippen molar-refractivity contribution < 1.29 is 19.2 Å². The van der Waals surface area contributed by atoms with E-state index in [1.807, 2.05) is 17.0 Å². The Morgan fingerprint density at radius 3 is 2.52 bits per heavy atom. The van der Waals surface area contributed by atoms with Crippen LogP contribution >= 0.6 is 0 Å². The molecular weight excluding hydrogens is 320 g/mol. The van der Waals surface area contributed by atoms with Crippen molar-refractivity contribution in [1.82, 2.24) is 10.1 Å². The van der Waals surface area contributed by atoms with Crippen LogP contribution in [0, 0.1) is 19.8 Å². The summed E-state index contributed by atoms with van der Waals surface area (Å²) in [6, 6.07) is 7.15. The van der Waals surface area contributed by atoms with Gasteiger partial charge in [-0.3, -0.25) is 4.79 Å². The molecular formula is C19H22N2O4. The molecule has 0 aliphatic carbocycles. The van der Waals surface area contributed by atoms with E-state index < -0.39 is 5.97 Å². The number of nitrogens with zero attached hydrogens (tertiary/aromatic N) is 2. The molecule has 1 N–H and O–H groups in total. The Kier molecular flexibility index (Phi) is 4.88. The lowest BCUT2D eigenvalue weighted by Gasteiger charge is -2.32. The Balaban J connectivity index is 1.63. The van der Waals surface area contributed by atoms with E-state index in [0.29, 0.717) is 41.6 Å². The highest BCUT2D eigenvalue weighted by molar-refractivity contribution is 5.96. The molecule has 1 amide bonds. The third kappa shape index (κ3) is 3.57. The second-order valence-electron chi connectivity index (χ2n) is 6.60. The van der Waals surface area contributed by atoms with Crippen molar-refractivity contribution in [3.8, 4) is 0 Å². The summed E-state index contributed by atoms with van der Waals surface area (Å²) in [5, 5.41) is 13.2. The van der Waals surface area contributed by atoms with Crippen molar-refractivity contribution in [3.63, 3.8) is 0 Å². The molecule has 0 saturated carbocycles. The highest BCUT2D eigenvalue weighted by Gasteiger charge is 2.28. The fourth-order valence-electron chi connectivity index (χ4n) is 3.50. The minimum absolute atomic E-state index is 0.0272. The van der Waals surface area contributed by atoms with Gasteiger partial charge in [0.1, 0.15) is 11.3 Å². The maximum Gasteiger partial charge on any atom is 0.335 e. The zero-order chi connectivity index (χ0) is 18.0. The summed E-state index contributed by atoms with van der Waals surface area (Å²) in [7, 11) is 0. The van der Waals surface area contributed by atoms with Gasteiger partial charge < -0.3 is 14.5 Å². The maximum absolute atomic E-state index is 12.7. The average molecular weight is 342 g/mol. The van der Waals surface area contributed by atoms with Crippen LogP contribution in [0.1, 0.15) is 50.6 Å². The first-order chi connectivity index (χ1) is 12.0. The highest BCUT2D eigenvalue weighted by Crippen LogP contribution is 2.25. The van der Waals surface area contributed by atoms with Crippen molar-refractivity contribution in [2.75, 3.05) is 13.1 Å². The first kappa shape index (κ1) is 17.2. The van der Waals surface area contributed by atoms with Gasteiger partial charge in [0.25, 0.3) is 5.91 Å². The summed E-state index contributed by atoms with van der Waals surface area (Å²) in [4.78, 5) is 25.8. The van der Waals surface area contributed by atoms with Gasteiger partial charge >= 0.3 is 5.97 Å². The van der Waals surface area contributed by atoms with Crippen LogP contribution in [0.3, 0.4) is 0 Å². The molecule has 0 bridgehead atoms. The zero-order valence-corrected chi connectivity index (χ0v) is 14.5. The van der Waals surface area contributed by atoms with Gasteiger partial charge in [-0.1, -0.05) is 23.4 Å². The smallest absolute Gasteiger partial charge is 0.335 e. The number of carbonyl (C=O) groups is 2. The number of likely N-dealkylation sites (tertiary alicyclic amines) is 1. The van der Waals surface area contributed by atoms with Crippen LogP contribution < -0.4 is 0 Å². The van der Waals surface area contributed by atoms with Gasteiger partial charge in [0.05, 0.1) is 11.3 Å². The van der Waals surface area contributed by atoms with E-state index in [9.17, 15) is 14.7 Å². The van der Waals surface area contributed by atoms with E-state index in [4.69, 9.17) is 4.52 Å². The van der Waals surface area contributed by atoms with E-state index in [1.54, 1.807) is 26.0 Å². The average Bonchev–Trinajstić information content (AvgIpc) is 2.94. The van der Waals surface area contributed by atoms with Crippen LogP contribution in [-0.2, 0) is 6.42 Å². The number of rotatable bonds is 4. The summed E-state index contributed by atoms with van der Waals surface area (Å²) in [5.74, 6) is 0.0245. The molecule has 6 nitrogen and oxygen atoms in total. The number of piperidine rings is 1. The van der Waals surface area contributed by atoms with E-state index >= 15 is 0 Å². The molecule has 0 atom stereocenters. The van der Waals surface area contributed by atoms with Crippen LogP contribution in [0.15, 0.2) is 28.8 Å². The lowest BCUT2D eigenvalue weighted by Crippen LogP contribution is -2.39. The van der Waals surface area contributed by atoms with Crippen LogP contribution in [-0.4, -0.2) is 40.1 Å². The molecule has 1 aliphatic heterocycles. The fraction of sp³-hybridized carbons (Fsp3) is 0.421. The number of hydrogen-bond donors (Lipinski definition) is 1. The Labute approximate surface area is 146 Å². The molecule has 1 aliphatic rings. The second kappa shape index (κ2) is 7.09. The highest BCUT2D eigenvalue weighted by atomic mass is 16.5. The number of carbonyl (C=O) groups excluding carboxylic acids is 1.